The summed E-state index contributed by atoms with van der Waals surface area (Å²) in [6.45, 7) is 4.21. The van der Waals surface area contributed by atoms with Gasteiger partial charge in [-0.1, -0.05) is 48.0 Å². The monoisotopic (exact) mass is 384 g/mol. The van der Waals surface area contributed by atoms with E-state index in [0.29, 0.717) is 16.2 Å². The number of rotatable bonds is 3. The molecule has 1 heterocycles. The highest BCUT2D eigenvalue weighted by Crippen LogP contribution is 2.25. The predicted octanol–water partition coefficient (Wildman–Crippen LogP) is 4.16. The zero-order chi connectivity index (χ0) is 14.0. The van der Waals surface area contributed by atoms with Gasteiger partial charge in [0.05, 0.1) is 5.69 Å². The van der Waals surface area contributed by atoms with Crippen LogP contribution in [-0.2, 0) is 6.42 Å². The summed E-state index contributed by atoms with van der Waals surface area (Å²) in [7, 11) is 0. The molecule has 0 aliphatic rings. The third-order valence-electron chi connectivity index (χ3n) is 2.66. The minimum absolute atomic E-state index is 0.142. The van der Waals surface area contributed by atoms with Crippen molar-refractivity contribution in [2.45, 2.75) is 20.3 Å². The minimum Gasteiger partial charge on any atom is -0.306 e. The van der Waals surface area contributed by atoms with Gasteiger partial charge in [0.15, 0.2) is 0 Å². The third-order valence-corrected chi connectivity index (χ3v) is 4.17. The zero-order valence-corrected chi connectivity index (χ0v) is 13.9. The Morgan fingerprint density at radius 3 is 2.58 bits per heavy atom. The van der Waals surface area contributed by atoms with Crippen LogP contribution in [0.1, 0.15) is 19.5 Å². The molecule has 0 aliphatic heterocycles. The van der Waals surface area contributed by atoms with Crippen molar-refractivity contribution in [2.24, 2.45) is 5.92 Å². The molecule has 1 aromatic carbocycles. The van der Waals surface area contributed by atoms with Gasteiger partial charge in [-0.15, -0.1) is 0 Å². The number of nitrogens with one attached hydrogen (secondary N) is 1. The minimum atomic E-state index is -0.142. The largest absolute Gasteiger partial charge is 0.306 e. The Bertz CT molecular complexity index is 650. The van der Waals surface area contributed by atoms with Crippen LogP contribution in [0.15, 0.2) is 38.0 Å². The van der Waals surface area contributed by atoms with Gasteiger partial charge in [-0.25, -0.2) is 4.98 Å². The lowest BCUT2D eigenvalue weighted by Gasteiger charge is -2.09. The Labute approximate surface area is 128 Å². The van der Waals surface area contributed by atoms with Gasteiger partial charge in [0.1, 0.15) is 10.3 Å². The van der Waals surface area contributed by atoms with Gasteiger partial charge in [0.25, 0.3) is 5.56 Å². The van der Waals surface area contributed by atoms with Crippen molar-refractivity contribution in [1.82, 2.24) is 9.97 Å². The van der Waals surface area contributed by atoms with Gasteiger partial charge in [0, 0.05) is 10.0 Å². The van der Waals surface area contributed by atoms with E-state index in [1.807, 2.05) is 24.3 Å². The summed E-state index contributed by atoms with van der Waals surface area (Å²) in [5.41, 5.74) is 1.54. The topological polar surface area (TPSA) is 45.8 Å². The Balaban J connectivity index is 2.57. The van der Waals surface area contributed by atoms with Crippen molar-refractivity contribution in [3.05, 3.63) is 49.3 Å². The van der Waals surface area contributed by atoms with Crippen LogP contribution in [-0.4, -0.2) is 9.97 Å². The molecule has 0 fully saturated rings. The normalized spacial score (nSPS) is 11.0. The van der Waals surface area contributed by atoms with Crippen molar-refractivity contribution in [3.8, 4) is 11.4 Å². The first-order valence-corrected chi connectivity index (χ1v) is 7.61. The molecule has 1 N–H and O–H groups in total. The second kappa shape index (κ2) is 6.01. The van der Waals surface area contributed by atoms with Gasteiger partial charge in [-0.05, 0) is 34.3 Å². The van der Waals surface area contributed by atoms with Gasteiger partial charge < -0.3 is 4.98 Å². The molecule has 0 radical (unpaired) electrons. The van der Waals surface area contributed by atoms with Crippen LogP contribution < -0.4 is 5.56 Å². The quantitative estimate of drug-likeness (QED) is 0.861. The maximum Gasteiger partial charge on any atom is 0.265 e. The summed E-state index contributed by atoms with van der Waals surface area (Å²) in [5, 5.41) is 0. The van der Waals surface area contributed by atoms with Crippen LogP contribution in [0.5, 0.6) is 0 Å². The summed E-state index contributed by atoms with van der Waals surface area (Å²) in [6.07, 6.45) is 0.766. The molecular formula is C14H14Br2N2O. The fourth-order valence-corrected chi connectivity index (χ4v) is 2.63. The third kappa shape index (κ3) is 3.34. The molecule has 2 aromatic rings. The first kappa shape index (κ1) is 14.5. The maximum atomic E-state index is 12.0. The number of hydrogen-bond donors (Lipinski definition) is 1. The highest BCUT2D eigenvalue weighted by Gasteiger charge is 2.13. The van der Waals surface area contributed by atoms with E-state index in [2.05, 4.69) is 55.7 Å². The fraction of sp³-hybridized carbons (Fsp3) is 0.286. The average molecular weight is 386 g/mol. The second-order valence-electron chi connectivity index (χ2n) is 4.75. The molecule has 0 aliphatic carbocycles. The molecule has 0 saturated heterocycles. The van der Waals surface area contributed by atoms with Crippen LogP contribution in [0.4, 0.5) is 0 Å². The number of aromatic nitrogens is 2. The molecule has 0 atom stereocenters. The predicted molar refractivity (Wildman–Crippen MR) is 84.2 cm³/mol. The van der Waals surface area contributed by atoms with E-state index in [1.54, 1.807) is 0 Å². The molecule has 0 bridgehead atoms. The van der Waals surface area contributed by atoms with Crippen LogP contribution in [0.25, 0.3) is 11.4 Å². The second-order valence-corrected chi connectivity index (χ2v) is 6.40. The molecule has 0 spiro atoms. The van der Waals surface area contributed by atoms with E-state index in [0.717, 1.165) is 22.2 Å². The van der Waals surface area contributed by atoms with Crippen LogP contribution >= 0.6 is 31.9 Å². The first-order valence-electron chi connectivity index (χ1n) is 6.02. The standard InChI is InChI=1S/C14H14Br2N2O/c1-8(2)7-11-12(16)14(19)18-13(17-11)9-5-3-4-6-10(9)15/h3-6,8H,7H2,1-2H3,(H,17,18,19). The van der Waals surface area contributed by atoms with Crippen LogP contribution in [0.2, 0.25) is 0 Å². The van der Waals surface area contributed by atoms with Crippen molar-refractivity contribution in [2.75, 3.05) is 0 Å². The highest BCUT2D eigenvalue weighted by atomic mass is 79.9. The summed E-state index contributed by atoms with van der Waals surface area (Å²) in [6, 6.07) is 7.71. The van der Waals surface area contributed by atoms with Crippen molar-refractivity contribution in [1.29, 1.82) is 0 Å². The SMILES string of the molecule is CC(C)Cc1nc(-c2ccccc2Br)[nH]c(=O)c1Br. The van der Waals surface area contributed by atoms with E-state index in [1.165, 1.54) is 0 Å². The van der Waals surface area contributed by atoms with Crippen molar-refractivity contribution >= 4 is 31.9 Å². The number of halogens is 2. The summed E-state index contributed by atoms with van der Waals surface area (Å²) < 4.78 is 1.44. The lowest BCUT2D eigenvalue weighted by molar-refractivity contribution is 0.631. The van der Waals surface area contributed by atoms with Gasteiger partial charge in [0.2, 0.25) is 0 Å². The average Bonchev–Trinajstić information content (AvgIpc) is 2.35. The van der Waals surface area contributed by atoms with Crippen LogP contribution in [0.3, 0.4) is 0 Å². The molecule has 100 valence electrons. The highest BCUT2D eigenvalue weighted by molar-refractivity contribution is 9.10. The van der Waals surface area contributed by atoms with E-state index < -0.39 is 0 Å². The Morgan fingerprint density at radius 1 is 1.26 bits per heavy atom. The van der Waals surface area contributed by atoms with Crippen LogP contribution in [0, 0.1) is 5.92 Å². The number of aromatic amines is 1. The Morgan fingerprint density at radius 2 is 1.95 bits per heavy atom. The lowest BCUT2D eigenvalue weighted by atomic mass is 10.1. The van der Waals surface area contributed by atoms with E-state index in [4.69, 9.17) is 0 Å². The van der Waals surface area contributed by atoms with E-state index in [-0.39, 0.29) is 5.56 Å². The number of H-pyrrole nitrogens is 1. The van der Waals surface area contributed by atoms with Gasteiger partial charge in [-0.2, -0.15) is 0 Å². The molecular weight excluding hydrogens is 372 g/mol. The van der Waals surface area contributed by atoms with E-state index in [9.17, 15) is 4.79 Å². The smallest absolute Gasteiger partial charge is 0.265 e. The number of hydrogen-bond acceptors (Lipinski definition) is 2. The van der Waals surface area contributed by atoms with E-state index >= 15 is 0 Å². The molecule has 0 unspecified atom stereocenters. The number of benzene rings is 1. The fourth-order valence-electron chi connectivity index (χ4n) is 1.81. The Hall–Kier alpha value is -0.940. The lowest BCUT2D eigenvalue weighted by Crippen LogP contribution is -2.15. The molecule has 19 heavy (non-hydrogen) atoms. The number of nitrogens with zero attached hydrogens (tertiary/aromatic N) is 1. The molecule has 1 aromatic heterocycles. The molecule has 0 amide bonds. The summed E-state index contributed by atoms with van der Waals surface area (Å²) in [5.74, 6) is 1.04. The molecule has 5 heteroatoms. The Kier molecular flexibility index (Phi) is 4.58. The van der Waals surface area contributed by atoms with Gasteiger partial charge in [-0.3, -0.25) is 4.79 Å². The molecule has 0 saturated carbocycles. The van der Waals surface area contributed by atoms with Crippen molar-refractivity contribution in [3.63, 3.8) is 0 Å². The van der Waals surface area contributed by atoms with Gasteiger partial charge >= 0.3 is 0 Å². The zero-order valence-electron chi connectivity index (χ0n) is 10.7. The molecule has 3 nitrogen and oxygen atoms in total. The maximum absolute atomic E-state index is 12.0. The first-order chi connectivity index (χ1) is 8.99. The summed E-state index contributed by atoms with van der Waals surface area (Å²) >= 11 is 6.79. The molecule has 2 rings (SSSR count). The van der Waals surface area contributed by atoms with Crippen molar-refractivity contribution < 1.29 is 0 Å². The summed E-state index contributed by atoms with van der Waals surface area (Å²) in [4.78, 5) is 19.3.